The van der Waals surface area contributed by atoms with E-state index >= 15 is 0 Å². The van der Waals surface area contributed by atoms with Gasteiger partial charge in [0.25, 0.3) is 0 Å². The predicted octanol–water partition coefficient (Wildman–Crippen LogP) is 4.32. The maximum absolute atomic E-state index is 12.7. The van der Waals surface area contributed by atoms with Crippen molar-refractivity contribution in [2.45, 2.75) is 13.8 Å². The molecule has 6 heteroatoms. The minimum Gasteiger partial charge on any atom is -0.496 e. The summed E-state index contributed by atoms with van der Waals surface area (Å²) in [5.74, 6) is 0.390. The molecule has 0 saturated heterocycles. The lowest BCUT2D eigenvalue weighted by Gasteiger charge is -2.20. The minimum absolute atomic E-state index is 0.128. The van der Waals surface area contributed by atoms with Crippen LogP contribution in [0, 0.1) is 0 Å². The number of nitrogens with zero attached hydrogens (tertiary/aromatic N) is 1. The molecule has 0 bridgehead atoms. The Morgan fingerprint density at radius 3 is 2.74 bits per heavy atom. The van der Waals surface area contributed by atoms with Gasteiger partial charge in [-0.1, -0.05) is 23.4 Å². The van der Waals surface area contributed by atoms with Gasteiger partial charge in [-0.05, 0) is 32.0 Å². The van der Waals surface area contributed by atoms with E-state index in [-0.39, 0.29) is 5.78 Å². The van der Waals surface area contributed by atoms with Crippen LogP contribution < -0.4 is 4.74 Å². The Morgan fingerprint density at radius 2 is 2.09 bits per heavy atom. The normalized spacial score (nSPS) is 16.4. The highest BCUT2D eigenvalue weighted by molar-refractivity contribution is 8.06. The number of rotatable bonds is 6. The van der Waals surface area contributed by atoms with Gasteiger partial charge in [-0.25, -0.2) is 0 Å². The number of carbonyl (C=O) groups is 1. The topological polar surface area (TPSA) is 38.8 Å². The van der Waals surface area contributed by atoms with E-state index in [0.29, 0.717) is 29.5 Å². The molecule has 2 rings (SSSR count). The molecular weight excluding hydrogens is 334 g/mol. The average Bonchev–Trinajstić information content (AvgIpc) is 2.79. The molecule has 0 fully saturated rings. The minimum atomic E-state index is -0.128. The molecule has 1 aliphatic heterocycles. The van der Waals surface area contributed by atoms with Crippen molar-refractivity contribution in [1.29, 1.82) is 0 Å². The molecule has 23 heavy (non-hydrogen) atoms. The summed E-state index contributed by atoms with van der Waals surface area (Å²) in [4.78, 5) is 15.9. The van der Waals surface area contributed by atoms with Crippen LogP contribution in [0.2, 0.25) is 5.02 Å². The van der Waals surface area contributed by atoms with Gasteiger partial charge in [-0.3, -0.25) is 4.79 Å². The zero-order valence-corrected chi connectivity index (χ0v) is 15.3. The molecule has 0 N–H and O–H groups in total. The number of ether oxygens (including phenoxy) is 2. The second-order valence-corrected chi connectivity index (χ2v) is 6.75. The molecule has 0 saturated carbocycles. The maximum atomic E-state index is 12.7. The van der Waals surface area contributed by atoms with Gasteiger partial charge in [0.1, 0.15) is 5.75 Å². The summed E-state index contributed by atoms with van der Waals surface area (Å²) in [6, 6.07) is 5.04. The Labute approximate surface area is 146 Å². The van der Waals surface area contributed by atoms with Crippen molar-refractivity contribution in [1.82, 2.24) is 4.90 Å². The Hall–Kier alpha value is -1.43. The lowest BCUT2D eigenvalue weighted by atomic mass is 10.1. The van der Waals surface area contributed by atoms with Gasteiger partial charge in [-0.2, -0.15) is 0 Å². The number of halogens is 1. The maximum Gasteiger partial charge on any atom is 0.192 e. The van der Waals surface area contributed by atoms with Crippen molar-refractivity contribution >= 4 is 29.1 Å². The highest BCUT2D eigenvalue weighted by Crippen LogP contribution is 2.40. The Balaban J connectivity index is 2.30. The smallest absolute Gasteiger partial charge is 0.192 e. The fourth-order valence-electron chi connectivity index (χ4n) is 2.27. The van der Waals surface area contributed by atoms with Gasteiger partial charge in [0.05, 0.1) is 24.3 Å². The first-order chi connectivity index (χ1) is 11.0. The standard InChI is InChI=1S/C17H20ClNO3S/c1-11-12(2)23-17(19(11)7-8-21-3)10-15(20)14-9-13(18)5-6-16(14)22-4/h5-6,9-10H,7-8H2,1-4H3. The highest BCUT2D eigenvalue weighted by atomic mass is 35.5. The van der Waals surface area contributed by atoms with E-state index in [1.807, 2.05) is 13.8 Å². The molecule has 0 atom stereocenters. The molecule has 1 aromatic carbocycles. The number of allylic oxidation sites excluding steroid dienone is 3. The van der Waals surface area contributed by atoms with Gasteiger partial charge < -0.3 is 14.4 Å². The lowest BCUT2D eigenvalue weighted by Crippen LogP contribution is -2.21. The third-order valence-corrected chi connectivity index (χ3v) is 5.02. The van der Waals surface area contributed by atoms with E-state index in [9.17, 15) is 4.79 Å². The van der Waals surface area contributed by atoms with Gasteiger partial charge in [-0.15, -0.1) is 0 Å². The van der Waals surface area contributed by atoms with Crippen molar-refractivity contribution in [3.63, 3.8) is 0 Å². The van der Waals surface area contributed by atoms with Crippen LogP contribution in [0.15, 0.2) is 39.9 Å². The number of carbonyl (C=O) groups excluding carboxylic acids is 1. The van der Waals surface area contributed by atoms with Crippen LogP contribution in [0.5, 0.6) is 5.75 Å². The fraction of sp³-hybridized carbons (Fsp3) is 0.353. The molecule has 4 nitrogen and oxygen atoms in total. The zero-order valence-electron chi connectivity index (χ0n) is 13.7. The Bertz CT molecular complexity index is 670. The van der Waals surface area contributed by atoms with Crippen LogP contribution in [0.1, 0.15) is 24.2 Å². The number of methoxy groups -OCH3 is 2. The largest absolute Gasteiger partial charge is 0.496 e. The quantitative estimate of drug-likeness (QED) is 0.562. The lowest BCUT2D eigenvalue weighted by molar-refractivity contribution is 0.104. The summed E-state index contributed by atoms with van der Waals surface area (Å²) >= 11 is 7.60. The second-order valence-electron chi connectivity index (χ2n) is 5.08. The van der Waals surface area contributed by atoms with E-state index in [0.717, 1.165) is 10.7 Å². The van der Waals surface area contributed by atoms with Crippen molar-refractivity contribution < 1.29 is 14.3 Å². The first kappa shape index (κ1) is 17.9. The predicted molar refractivity (Wildman–Crippen MR) is 95.0 cm³/mol. The number of ketones is 1. The third-order valence-electron chi connectivity index (χ3n) is 3.64. The van der Waals surface area contributed by atoms with E-state index in [1.54, 1.807) is 43.1 Å². The van der Waals surface area contributed by atoms with E-state index in [1.165, 1.54) is 12.0 Å². The number of thioether (sulfide) groups is 1. The van der Waals surface area contributed by atoms with Crippen LogP contribution in [0.3, 0.4) is 0 Å². The number of hydrogen-bond acceptors (Lipinski definition) is 5. The number of hydrogen-bond donors (Lipinski definition) is 0. The first-order valence-corrected chi connectivity index (χ1v) is 8.38. The SMILES string of the molecule is COCCN1C(=CC(=O)c2cc(Cl)ccc2OC)SC(C)=C1C. The van der Waals surface area contributed by atoms with Gasteiger partial charge >= 0.3 is 0 Å². The molecular formula is C17H20ClNO3S. The summed E-state index contributed by atoms with van der Waals surface area (Å²) in [5, 5.41) is 1.40. The van der Waals surface area contributed by atoms with Gasteiger partial charge in [0, 0.05) is 35.4 Å². The highest BCUT2D eigenvalue weighted by Gasteiger charge is 2.24. The molecule has 0 radical (unpaired) electrons. The van der Waals surface area contributed by atoms with E-state index < -0.39 is 0 Å². The zero-order chi connectivity index (χ0) is 17.0. The monoisotopic (exact) mass is 353 g/mol. The Kier molecular flexibility index (Phi) is 6.16. The van der Waals surface area contributed by atoms with Crippen LogP contribution in [0.25, 0.3) is 0 Å². The van der Waals surface area contributed by atoms with Gasteiger partial charge in [0.15, 0.2) is 5.78 Å². The summed E-state index contributed by atoms with van der Waals surface area (Å²) in [6.07, 6.45) is 1.63. The molecule has 124 valence electrons. The van der Waals surface area contributed by atoms with Crippen LogP contribution in [-0.4, -0.2) is 38.1 Å². The molecule has 0 aliphatic carbocycles. The molecule has 1 aliphatic rings. The van der Waals surface area contributed by atoms with Gasteiger partial charge in [0.2, 0.25) is 0 Å². The van der Waals surface area contributed by atoms with E-state index in [4.69, 9.17) is 21.1 Å². The van der Waals surface area contributed by atoms with Crippen molar-refractivity contribution in [2.24, 2.45) is 0 Å². The van der Waals surface area contributed by atoms with Crippen LogP contribution >= 0.6 is 23.4 Å². The molecule has 0 aromatic heterocycles. The average molecular weight is 354 g/mol. The van der Waals surface area contributed by atoms with E-state index in [2.05, 4.69) is 4.90 Å². The first-order valence-electron chi connectivity index (χ1n) is 7.19. The molecule has 1 aromatic rings. The summed E-state index contributed by atoms with van der Waals surface area (Å²) in [5.41, 5.74) is 1.60. The molecule has 0 spiro atoms. The Morgan fingerprint density at radius 1 is 1.35 bits per heavy atom. The fourth-order valence-corrected chi connectivity index (χ4v) is 3.52. The van der Waals surface area contributed by atoms with Crippen LogP contribution in [0.4, 0.5) is 0 Å². The van der Waals surface area contributed by atoms with Crippen LogP contribution in [-0.2, 0) is 4.74 Å². The number of benzene rings is 1. The van der Waals surface area contributed by atoms with Crippen molar-refractivity contribution in [3.8, 4) is 5.75 Å². The van der Waals surface area contributed by atoms with Crippen molar-refractivity contribution in [2.75, 3.05) is 27.4 Å². The summed E-state index contributed by atoms with van der Waals surface area (Å²) < 4.78 is 10.4. The summed E-state index contributed by atoms with van der Waals surface area (Å²) in [6.45, 7) is 5.39. The molecule has 1 heterocycles. The molecule has 0 amide bonds. The third kappa shape index (κ3) is 4.10. The van der Waals surface area contributed by atoms with Crippen molar-refractivity contribution in [3.05, 3.63) is 50.5 Å². The molecule has 0 unspecified atom stereocenters. The summed E-state index contributed by atoms with van der Waals surface area (Å²) in [7, 11) is 3.21. The second kappa shape index (κ2) is 7.90.